The van der Waals surface area contributed by atoms with Gasteiger partial charge in [0.1, 0.15) is 6.04 Å². The number of carbonyl (C=O) groups is 1. The van der Waals surface area contributed by atoms with Gasteiger partial charge in [-0.2, -0.15) is 0 Å². The Morgan fingerprint density at radius 3 is 3.00 bits per heavy atom. The van der Waals surface area contributed by atoms with E-state index in [0.717, 1.165) is 24.2 Å². The van der Waals surface area contributed by atoms with Crippen LogP contribution in [-0.4, -0.2) is 12.5 Å². The predicted molar refractivity (Wildman–Crippen MR) is 74.8 cm³/mol. The summed E-state index contributed by atoms with van der Waals surface area (Å²) in [5.74, 6) is -0.0215. The molecule has 1 atom stereocenters. The summed E-state index contributed by atoms with van der Waals surface area (Å²) in [5, 5.41) is 6.19. The van der Waals surface area contributed by atoms with E-state index in [1.54, 1.807) is 6.07 Å². The Labute approximate surface area is 112 Å². The SMILES string of the molecule is O=C(Nc1c[c]ccc1)C1NCCc2ccccc21. The molecule has 0 aromatic heterocycles. The zero-order valence-corrected chi connectivity index (χ0v) is 10.5. The third kappa shape index (κ3) is 2.51. The van der Waals surface area contributed by atoms with Crippen molar-refractivity contribution >= 4 is 11.6 Å². The van der Waals surface area contributed by atoms with Gasteiger partial charge in [0.2, 0.25) is 5.91 Å². The summed E-state index contributed by atoms with van der Waals surface area (Å²) in [5.41, 5.74) is 3.10. The van der Waals surface area contributed by atoms with Crippen LogP contribution in [0.4, 0.5) is 5.69 Å². The van der Waals surface area contributed by atoms with E-state index in [9.17, 15) is 4.79 Å². The summed E-state index contributed by atoms with van der Waals surface area (Å²) in [6.07, 6.45) is 0.971. The maximum absolute atomic E-state index is 12.3. The van der Waals surface area contributed by atoms with Gasteiger partial charge in [0.25, 0.3) is 0 Å². The predicted octanol–water partition coefficient (Wildman–Crippen LogP) is 2.31. The topological polar surface area (TPSA) is 41.1 Å². The molecule has 1 amide bonds. The highest BCUT2D eigenvalue weighted by molar-refractivity contribution is 5.95. The van der Waals surface area contributed by atoms with Crippen LogP contribution in [0.25, 0.3) is 0 Å². The molecule has 1 aliphatic rings. The van der Waals surface area contributed by atoms with Gasteiger partial charge in [-0.05, 0) is 35.7 Å². The van der Waals surface area contributed by atoms with Crippen molar-refractivity contribution in [2.75, 3.05) is 11.9 Å². The molecule has 2 N–H and O–H groups in total. The van der Waals surface area contributed by atoms with Crippen LogP contribution in [0.3, 0.4) is 0 Å². The van der Waals surface area contributed by atoms with Gasteiger partial charge in [-0.15, -0.1) is 0 Å². The molecule has 0 saturated heterocycles. The molecule has 1 unspecified atom stereocenters. The van der Waals surface area contributed by atoms with Crippen LogP contribution in [-0.2, 0) is 11.2 Å². The molecule has 3 nitrogen and oxygen atoms in total. The molecule has 0 bridgehead atoms. The summed E-state index contributed by atoms with van der Waals surface area (Å²) in [7, 11) is 0. The molecule has 3 rings (SSSR count). The van der Waals surface area contributed by atoms with Gasteiger partial charge < -0.3 is 10.6 Å². The summed E-state index contributed by atoms with van der Waals surface area (Å²) < 4.78 is 0. The molecule has 0 aliphatic carbocycles. The van der Waals surface area contributed by atoms with Crippen LogP contribution < -0.4 is 10.6 Å². The minimum absolute atomic E-state index is 0.0215. The first-order chi connectivity index (χ1) is 9.34. The highest BCUT2D eigenvalue weighted by Crippen LogP contribution is 2.23. The van der Waals surface area contributed by atoms with Crippen molar-refractivity contribution in [1.29, 1.82) is 0 Å². The van der Waals surface area contributed by atoms with E-state index in [0.29, 0.717) is 0 Å². The van der Waals surface area contributed by atoms with E-state index in [1.165, 1.54) is 5.56 Å². The average molecular weight is 251 g/mol. The molecule has 1 heterocycles. The number of benzene rings is 2. The number of rotatable bonds is 2. The highest BCUT2D eigenvalue weighted by atomic mass is 16.2. The van der Waals surface area contributed by atoms with Crippen molar-refractivity contribution in [2.24, 2.45) is 0 Å². The zero-order valence-electron chi connectivity index (χ0n) is 10.5. The fourth-order valence-corrected chi connectivity index (χ4v) is 2.42. The van der Waals surface area contributed by atoms with Crippen LogP contribution in [0, 0.1) is 6.07 Å². The van der Waals surface area contributed by atoms with Crippen molar-refractivity contribution in [2.45, 2.75) is 12.5 Å². The second-order valence-corrected chi connectivity index (χ2v) is 4.62. The molecular formula is C16H15N2O. The molecule has 0 saturated carbocycles. The van der Waals surface area contributed by atoms with Crippen LogP contribution in [0.1, 0.15) is 17.2 Å². The second kappa shape index (κ2) is 5.24. The lowest BCUT2D eigenvalue weighted by Crippen LogP contribution is -2.38. The monoisotopic (exact) mass is 251 g/mol. The summed E-state index contributed by atoms with van der Waals surface area (Å²) in [6, 6.07) is 18.1. The Bertz CT molecular complexity index is 580. The quantitative estimate of drug-likeness (QED) is 0.860. The number of anilines is 1. The fraction of sp³-hybridized carbons (Fsp3) is 0.188. The van der Waals surface area contributed by atoms with Crippen LogP contribution >= 0.6 is 0 Å². The Morgan fingerprint density at radius 2 is 2.16 bits per heavy atom. The van der Waals surface area contributed by atoms with Crippen molar-refractivity contribution in [1.82, 2.24) is 5.32 Å². The largest absolute Gasteiger partial charge is 0.324 e. The van der Waals surface area contributed by atoms with E-state index < -0.39 is 0 Å². The van der Waals surface area contributed by atoms with E-state index in [-0.39, 0.29) is 11.9 Å². The average Bonchev–Trinajstić information content (AvgIpc) is 2.47. The third-order valence-electron chi connectivity index (χ3n) is 3.35. The lowest BCUT2D eigenvalue weighted by atomic mass is 9.94. The molecule has 0 fully saturated rings. The van der Waals surface area contributed by atoms with E-state index in [2.05, 4.69) is 22.8 Å². The molecule has 95 valence electrons. The summed E-state index contributed by atoms with van der Waals surface area (Å²) in [4.78, 5) is 12.3. The lowest BCUT2D eigenvalue weighted by molar-refractivity contribution is -0.118. The van der Waals surface area contributed by atoms with Gasteiger partial charge >= 0.3 is 0 Å². The third-order valence-corrected chi connectivity index (χ3v) is 3.35. The Balaban J connectivity index is 1.82. The van der Waals surface area contributed by atoms with E-state index >= 15 is 0 Å². The van der Waals surface area contributed by atoms with Gasteiger partial charge in [-0.25, -0.2) is 0 Å². The van der Waals surface area contributed by atoms with Crippen LogP contribution in [0.15, 0.2) is 48.5 Å². The van der Waals surface area contributed by atoms with Crippen molar-refractivity contribution < 1.29 is 4.79 Å². The van der Waals surface area contributed by atoms with Crippen molar-refractivity contribution in [3.63, 3.8) is 0 Å². The number of amides is 1. The van der Waals surface area contributed by atoms with Gasteiger partial charge in [0, 0.05) is 12.2 Å². The normalized spacial score (nSPS) is 17.6. The maximum atomic E-state index is 12.3. The molecule has 19 heavy (non-hydrogen) atoms. The van der Waals surface area contributed by atoms with Crippen LogP contribution in [0.2, 0.25) is 0 Å². The second-order valence-electron chi connectivity index (χ2n) is 4.62. The molecular weight excluding hydrogens is 236 g/mol. The van der Waals surface area contributed by atoms with Gasteiger partial charge in [-0.1, -0.05) is 36.4 Å². The Morgan fingerprint density at radius 1 is 1.26 bits per heavy atom. The van der Waals surface area contributed by atoms with E-state index in [4.69, 9.17) is 0 Å². The molecule has 0 spiro atoms. The number of carbonyl (C=O) groups excluding carboxylic acids is 1. The Hall–Kier alpha value is -2.13. The zero-order chi connectivity index (χ0) is 13.1. The lowest BCUT2D eigenvalue weighted by Gasteiger charge is -2.26. The minimum atomic E-state index is -0.273. The van der Waals surface area contributed by atoms with Gasteiger partial charge in [0.05, 0.1) is 0 Å². The van der Waals surface area contributed by atoms with Gasteiger partial charge in [-0.3, -0.25) is 4.79 Å². The fourth-order valence-electron chi connectivity index (χ4n) is 2.42. The number of hydrogen-bond donors (Lipinski definition) is 2. The first-order valence-corrected chi connectivity index (χ1v) is 6.43. The highest BCUT2D eigenvalue weighted by Gasteiger charge is 2.25. The molecule has 3 heteroatoms. The van der Waals surface area contributed by atoms with Gasteiger partial charge in [0.15, 0.2) is 0 Å². The summed E-state index contributed by atoms with van der Waals surface area (Å²) >= 11 is 0. The minimum Gasteiger partial charge on any atom is -0.324 e. The standard InChI is InChI=1S/C16H15N2O/c19-16(18-13-7-2-1-3-8-13)15-14-9-5-4-6-12(14)10-11-17-15/h1-2,4-9,15,17H,10-11H2,(H,18,19). The van der Waals surface area contributed by atoms with Crippen molar-refractivity contribution in [3.05, 3.63) is 65.7 Å². The van der Waals surface area contributed by atoms with Crippen molar-refractivity contribution in [3.8, 4) is 0 Å². The Kier molecular flexibility index (Phi) is 3.29. The number of nitrogens with one attached hydrogen (secondary N) is 2. The summed E-state index contributed by atoms with van der Waals surface area (Å²) in [6.45, 7) is 0.829. The van der Waals surface area contributed by atoms with Crippen LogP contribution in [0.5, 0.6) is 0 Å². The first-order valence-electron chi connectivity index (χ1n) is 6.43. The molecule has 2 aromatic rings. The number of fused-ring (bicyclic) bond motifs is 1. The molecule has 1 radical (unpaired) electrons. The smallest absolute Gasteiger partial charge is 0.246 e. The number of hydrogen-bond acceptors (Lipinski definition) is 2. The molecule has 2 aromatic carbocycles. The maximum Gasteiger partial charge on any atom is 0.246 e. The molecule has 1 aliphatic heterocycles. The van der Waals surface area contributed by atoms with E-state index in [1.807, 2.05) is 36.4 Å². The first kappa shape index (κ1) is 11.9.